The third kappa shape index (κ3) is 25.7. The Kier molecular flexibility index (Phi) is 26.3. The number of rotatable bonds is 27. The maximum Gasteiger partial charge on any atom is 0.303 e. The molecule has 1 unspecified atom stereocenters. The average Bonchev–Trinajstić information content (AvgIpc) is 2.78. The smallest absolute Gasteiger partial charge is 0.303 e. The minimum absolute atomic E-state index is 0.354. The Morgan fingerprint density at radius 1 is 0.469 bits per heavy atom. The van der Waals surface area contributed by atoms with Gasteiger partial charge in [-0.3, -0.25) is 4.79 Å². The number of unbranched alkanes of at least 4 members (excludes halogenated alkanes) is 19. The van der Waals surface area contributed by atoms with Crippen LogP contribution in [0.25, 0.3) is 0 Å². The second kappa shape index (κ2) is 26.7. The maximum atomic E-state index is 10.9. The van der Waals surface area contributed by atoms with Crippen molar-refractivity contribution in [2.24, 2.45) is 5.92 Å². The molecule has 0 amide bonds. The highest BCUT2D eigenvalue weighted by molar-refractivity contribution is 5.66. The fraction of sp³-hybridized carbons (Fsp3) is 0.967. The minimum atomic E-state index is -0.627. The number of hydrogen-bond acceptors (Lipinski definition) is 1. The highest BCUT2D eigenvalue weighted by atomic mass is 16.4. The molecule has 1 atom stereocenters. The maximum absolute atomic E-state index is 10.9. The van der Waals surface area contributed by atoms with Gasteiger partial charge in [-0.15, -0.1) is 0 Å². The molecule has 1 N–H and O–H groups in total. The lowest BCUT2D eigenvalue weighted by Crippen LogP contribution is -2.03. The molecule has 0 aromatic rings. The summed E-state index contributed by atoms with van der Waals surface area (Å²) in [4.78, 5) is 10.9. The van der Waals surface area contributed by atoms with Crippen LogP contribution in [-0.2, 0) is 4.79 Å². The summed E-state index contributed by atoms with van der Waals surface area (Å²) in [5, 5.41) is 8.97. The van der Waals surface area contributed by atoms with Crippen molar-refractivity contribution in [3.8, 4) is 0 Å². The van der Waals surface area contributed by atoms with Gasteiger partial charge in [0.05, 0.1) is 0 Å². The molecule has 0 bridgehead atoms. The first-order valence-corrected chi connectivity index (χ1v) is 14.9. The van der Waals surface area contributed by atoms with E-state index in [4.69, 9.17) is 5.11 Å². The van der Waals surface area contributed by atoms with E-state index in [0.29, 0.717) is 6.42 Å². The third-order valence-corrected chi connectivity index (χ3v) is 7.18. The van der Waals surface area contributed by atoms with E-state index in [1.54, 1.807) is 0 Å². The lowest BCUT2D eigenvalue weighted by molar-refractivity contribution is -0.137. The quantitative estimate of drug-likeness (QED) is 0.126. The second-order valence-electron chi connectivity index (χ2n) is 10.4. The summed E-state index contributed by atoms with van der Waals surface area (Å²) in [6.07, 6.45) is 34.4. The summed E-state index contributed by atoms with van der Waals surface area (Å²) in [6.45, 7) is 4.57. The summed E-state index contributed by atoms with van der Waals surface area (Å²) < 4.78 is 0. The molecule has 0 rings (SSSR count). The van der Waals surface area contributed by atoms with E-state index in [0.717, 1.165) is 18.8 Å². The first-order chi connectivity index (χ1) is 15.7. The molecule has 0 saturated heterocycles. The van der Waals surface area contributed by atoms with Gasteiger partial charge >= 0.3 is 5.97 Å². The topological polar surface area (TPSA) is 37.3 Å². The highest BCUT2D eigenvalue weighted by Crippen LogP contribution is 2.24. The molecule has 0 aliphatic carbocycles. The van der Waals surface area contributed by atoms with Crippen LogP contribution in [-0.4, -0.2) is 11.1 Å². The molecule has 0 aromatic heterocycles. The molecule has 32 heavy (non-hydrogen) atoms. The number of aliphatic carboxylic acids is 1. The van der Waals surface area contributed by atoms with E-state index >= 15 is 0 Å². The van der Waals surface area contributed by atoms with Gasteiger partial charge in [0, 0.05) is 6.42 Å². The molecule has 192 valence electrons. The molecule has 0 radical (unpaired) electrons. The second-order valence-corrected chi connectivity index (χ2v) is 10.4. The van der Waals surface area contributed by atoms with Crippen LogP contribution >= 0.6 is 0 Å². The predicted molar refractivity (Wildman–Crippen MR) is 143 cm³/mol. The molecule has 0 aliphatic heterocycles. The van der Waals surface area contributed by atoms with Crippen molar-refractivity contribution in [2.45, 2.75) is 181 Å². The lowest BCUT2D eigenvalue weighted by Gasteiger charge is -2.16. The first kappa shape index (κ1) is 31.5. The van der Waals surface area contributed by atoms with Crippen LogP contribution < -0.4 is 0 Å². The van der Waals surface area contributed by atoms with E-state index in [1.165, 1.54) is 148 Å². The lowest BCUT2D eigenvalue weighted by atomic mass is 9.90. The normalized spacial score (nSPS) is 12.3. The van der Waals surface area contributed by atoms with Crippen LogP contribution in [0.15, 0.2) is 0 Å². The monoisotopic (exact) mass is 452 g/mol. The Labute approximate surface area is 202 Å². The van der Waals surface area contributed by atoms with E-state index in [1.807, 2.05) is 0 Å². The molecule has 0 aliphatic rings. The van der Waals surface area contributed by atoms with Crippen LogP contribution in [0.3, 0.4) is 0 Å². The zero-order valence-corrected chi connectivity index (χ0v) is 22.3. The molecule has 0 fully saturated rings. The van der Waals surface area contributed by atoms with E-state index in [-0.39, 0.29) is 0 Å². The van der Waals surface area contributed by atoms with Crippen LogP contribution in [0.2, 0.25) is 0 Å². The zero-order valence-electron chi connectivity index (χ0n) is 22.3. The Hall–Kier alpha value is -0.530. The third-order valence-electron chi connectivity index (χ3n) is 7.18. The van der Waals surface area contributed by atoms with Crippen LogP contribution in [0.1, 0.15) is 181 Å². The fourth-order valence-electron chi connectivity index (χ4n) is 4.99. The Morgan fingerprint density at radius 2 is 0.750 bits per heavy atom. The zero-order chi connectivity index (χ0) is 23.5. The SMILES string of the molecule is CCCCCCCCCCCCCC(CCCCCCCCCCCC)CCCC(=O)O. The molecular formula is C30H60O2. The fourth-order valence-corrected chi connectivity index (χ4v) is 4.99. The number of carboxylic acids is 1. The summed E-state index contributed by atoms with van der Waals surface area (Å²) in [7, 11) is 0. The van der Waals surface area contributed by atoms with Gasteiger partial charge in [0.15, 0.2) is 0 Å². The highest BCUT2D eigenvalue weighted by Gasteiger charge is 2.10. The van der Waals surface area contributed by atoms with Crippen molar-refractivity contribution in [1.82, 2.24) is 0 Å². The molecular weight excluding hydrogens is 392 g/mol. The van der Waals surface area contributed by atoms with Crippen LogP contribution in [0.5, 0.6) is 0 Å². The Bertz CT molecular complexity index is 366. The van der Waals surface area contributed by atoms with Crippen molar-refractivity contribution < 1.29 is 9.90 Å². The molecule has 0 saturated carbocycles. The van der Waals surface area contributed by atoms with Gasteiger partial charge < -0.3 is 5.11 Å². The first-order valence-electron chi connectivity index (χ1n) is 14.9. The molecule has 2 nitrogen and oxygen atoms in total. The molecule has 2 heteroatoms. The number of carboxylic acid groups (broad SMARTS) is 1. The van der Waals surface area contributed by atoms with Gasteiger partial charge in [-0.05, 0) is 18.8 Å². The van der Waals surface area contributed by atoms with E-state index in [2.05, 4.69) is 13.8 Å². The van der Waals surface area contributed by atoms with Crippen molar-refractivity contribution >= 4 is 5.97 Å². The summed E-state index contributed by atoms with van der Waals surface area (Å²) in [6, 6.07) is 0. The predicted octanol–water partition coefficient (Wildman–Crippen LogP) is 10.9. The van der Waals surface area contributed by atoms with Crippen molar-refractivity contribution in [3.05, 3.63) is 0 Å². The molecule has 0 heterocycles. The Morgan fingerprint density at radius 3 is 1.06 bits per heavy atom. The van der Waals surface area contributed by atoms with Crippen molar-refractivity contribution in [3.63, 3.8) is 0 Å². The van der Waals surface area contributed by atoms with Crippen molar-refractivity contribution in [2.75, 3.05) is 0 Å². The van der Waals surface area contributed by atoms with Gasteiger partial charge in [-0.1, -0.05) is 162 Å². The summed E-state index contributed by atoms with van der Waals surface area (Å²) >= 11 is 0. The standard InChI is InChI=1S/C30H60O2/c1-3-5-7-9-11-13-15-17-19-21-23-26-29(27-24-28-30(31)32)25-22-20-18-16-14-12-10-8-6-4-2/h29H,3-28H2,1-2H3,(H,31,32). The molecule has 0 aromatic carbocycles. The average molecular weight is 453 g/mol. The Balaban J connectivity index is 3.71. The van der Waals surface area contributed by atoms with E-state index in [9.17, 15) is 4.79 Å². The van der Waals surface area contributed by atoms with Crippen LogP contribution in [0.4, 0.5) is 0 Å². The van der Waals surface area contributed by atoms with E-state index < -0.39 is 5.97 Å². The van der Waals surface area contributed by atoms with Gasteiger partial charge in [0.25, 0.3) is 0 Å². The van der Waals surface area contributed by atoms with Crippen LogP contribution in [0, 0.1) is 5.92 Å². The molecule has 0 spiro atoms. The van der Waals surface area contributed by atoms with Gasteiger partial charge in [-0.25, -0.2) is 0 Å². The van der Waals surface area contributed by atoms with Gasteiger partial charge in [-0.2, -0.15) is 0 Å². The van der Waals surface area contributed by atoms with Crippen molar-refractivity contribution in [1.29, 1.82) is 0 Å². The minimum Gasteiger partial charge on any atom is -0.481 e. The van der Waals surface area contributed by atoms with Gasteiger partial charge in [0.2, 0.25) is 0 Å². The largest absolute Gasteiger partial charge is 0.481 e. The summed E-state index contributed by atoms with van der Waals surface area (Å²) in [5.74, 6) is 0.138. The number of hydrogen-bond donors (Lipinski definition) is 1. The van der Waals surface area contributed by atoms with Gasteiger partial charge in [0.1, 0.15) is 0 Å². The summed E-state index contributed by atoms with van der Waals surface area (Å²) in [5.41, 5.74) is 0. The number of carbonyl (C=O) groups is 1.